The average molecular weight is 360 g/mol. The third-order valence-electron chi connectivity index (χ3n) is 2.51. The molecule has 17 heavy (non-hydrogen) atoms. The van der Waals surface area contributed by atoms with Crippen molar-refractivity contribution >= 4 is 48.9 Å². The number of piperidine rings is 1. The predicted octanol–water partition coefficient (Wildman–Crippen LogP) is 2.19. The average Bonchev–Trinajstić information content (AvgIpc) is 2.61. The molecule has 0 spiro atoms. The highest BCUT2D eigenvalue weighted by molar-refractivity contribution is 9.11. The summed E-state index contributed by atoms with van der Waals surface area (Å²) in [4.78, 5) is 0. The molecule has 1 aliphatic heterocycles. The molecule has 1 fully saturated rings. The van der Waals surface area contributed by atoms with Crippen LogP contribution in [0.3, 0.4) is 0 Å². The van der Waals surface area contributed by atoms with Crippen molar-refractivity contribution in [2.45, 2.75) is 23.1 Å². The first-order chi connectivity index (χ1) is 7.99. The molecule has 4 nitrogen and oxygen atoms in total. The summed E-state index contributed by atoms with van der Waals surface area (Å²) in [7, 11) is -3.45. The minimum atomic E-state index is -3.45. The molecule has 1 aromatic heterocycles. The maximum atomic E-state index is 12.1. The van der Waals surface area contributed by atoms with Crippen LogP contribution in [-0.4, -0.2) is 27.5 Å². The van der Waals surface area contributed by atoms with Gasteiger partial charge in [0.25, 0.3) is 0 Å². The molecule has 1 atom stereocenters. The van der Waals surface area contributed by atoms with E-state index in [1.807, 2.05) is 0 Å². The van der Waals surface area contributed by atoms with Crippen LogP contribution in [0.2, 0.25) is 5.02 Å². The molecule has 0 unspecified atom stereocenters. The van der Waals surface area contributed by atoms with E-state index in [1.54, 1.807) is 0 Å². The monoisotopic (exact) mass is 358 g/mol. The normalized spacial score (nSPS) is 21.6. The van der Waals surface area contributed by atoms with E-state index >= 15 is 0 Å². The quantitative estimate of drug-likeness (QED) is 0.870. The molecule has 1 aromatic rings. The Morgan fingerprint density at radius 3 is 2.88 bits per heavy atom. The molecule has 2 heterocycles. The molecule has 0 bridgehead atoms. The largest absolute Gasteiger partial charge is 0.315 e. The molecule has 1 saturated heterocycles. The Morgan fingerprint density at radius 2 is 2.35 bits per heavy atom. The van der Waals surface area contributed by atoms with Gasteiger partial charge in [-0.15, -0.1) is 11.3 Å². The smallest absolute Gasteiger partial charge is 0.250 e. The van der Waals surface area contributed by atoms with Gasteiger partial charge < -0.3 is 5.32 Å². The van der Waals surface area contributed by atoms with Crippen LogP contribution in [0.25, 0.3) is 0 Å². The van der Waals surface area contributed by atoms with Crippen molar-refractivity contribution in [1.29, 1.82) is 0 Å². The molecule has 96 valence electrons. The number of hydrogen-bond donors (Lipinski definition) is 2. The third-order valence-corrected chi connectivity index (χ3v) is 6.97. The molecule has 2 rings (SSSR count). The fourth-order valence-electron chi connectivity index (χ4n) is 1.69. The summed E-state index contributed by atoms with van der Waals surface area (Å²) in [6.45, 7) is 1.63. The van der Waals surface area contributed by atoms with Crippen molar-refractivity contribution in [3.8, 4) is 0 Å². The van der Waals surface area contributed by atoms with Gasteiger partial charge in [0.05, 0.1) is 8.81 Å². The summed E-state index contributed by atoms with van der Waals surface area (Å²) < 4.78 is 27.7. The summed E-state index contributed by atoms with van der Waals surface area (Å²) in [6.07, 6.45) is 1.86. The zero-order valence-electron chi connectivity index (χ0n) is 8.87. The third kappa shape index (κ3) is 3.42. The Balaban J connectivity index is 2.12. The highest BCUT2D eigenvalue weighted by Crippen LogP contribution is 2.34. The molecular formula is C9H12BrClN2O2S2. The number of hydrogen-bond acceptors (Lipinski definition) is 4. The Hall–Kier alpha value is 0.340. The van der Waals surface area contributed by atoms with Crippen LogP contribution in [0, 0.1) is 0 Å². The summed E-state index contributed by atoms with van der Waals surface area (Å²) in [5.74, 6) is 0. The van der Waals surface area contributed by atoms with E-state index in [0.717, 1.165) is 30.7 Å². The van der Waals surface area contributed by atoms with Crippen molar-refractivity contribution in [3.05, 3.63) is 14.9 Å². The minimum absolute atomic E-state index is 0.0339. The van der Waals surface area contributed by atoms with Crippen LogP contribution in [0.4, 0.5) is 0 Å². The van der Waals surface area contributed by atoms with E-state index < -0.39 is 10.0 Å². The second-order valence-electron chi connectivity index (χ2n) is 3.85. The van der Waals surface area contributed by atoms with Gasteiger partial charge in [-0.2, -0.15) is 0 Å². The number of sulfonamides is 1. The van der Waals surface area contributed by atoms with Gasteiger partial charge in [0.15, 0.2) is 0 Å². The highest BCUT2D eigenvalue weighted by atomic mass is 79.9. The van der Waals surface area contributed by atoms with Crippen LogP contribution < -0.4 is 10.0 Å². The lowest BCUT2D eigenvalue weighted by Crippen LogP contribution is -2.45. The number of nitrogens with one attached hydrogen (secondary N) is 2. The van der Waals surface area contributed by atoms with E-state index in [2.05, 4.69) is 26.0 Å². The lowest BCUT2D eigenvalue weighted by atomic mass is 10.1. The van der Waals surface area contributed by atoms with E-state index in [4.69, 9.17) is 11.6 Å². The number of halogens is 2. The van der Waals surface area contributed by atoms with Gasteiger partial charge in [-0.25, -0.2) is 13.1 Å². The maximum Gasteiger partial charge on any atom is 0.250 e. The standard InChI is InChI=1S/C9H12BrClN2O2S2/c10-9-7(11)4-8(16-9)17(14,15)13-6-2-1-3-12-5-6/h4,6,12-13H,1-3,5H2/t6-/m0/s1. The lowest BCUT2D eigenvalue weighted by Gasteiger charge is -2.23. The maximum absolute atomic E-state index is 12.1. The van der Waals surface area contributed by atoms with Crippen LogP contribution in [0.5, 0.6) is 0 Å². The zero-order valence-corrected chi connectivity index (χ0v) is 12.8. The lowest BCUT2D eigenvalue weighted by molar-refractivity contribution is 0.429. The molecular weight excluding hydrogens is 348 g/mol. The van der Waals surface area contributed by atoms with Crippen molar-refractivity contribution in [2.75, 3.05) is 13.1 Å². The molecule has 1 aliphatic rings. The molecule has 0 radical (unpaired) electrons. The van der Waals surface area contributed by atoms with E-state index in [9.17, 15) is 8.42 Å². The van der Waals surface area contributed by atoms with E-state index in [1.165, 1.54) is 6.07 Å². The van der Waals surface area contributed by atoms with Gasteiger partial charge in [-0.05, 0) is 41.4 Å². The SMILES string of the molecule is O=S(=O)(N[C@H]1CCCNC1)c1cc(Cl)c(Br)s1. The van der Waals surface area contributed by atoms with E-state index in [-0.39, 0.29) is 10.3 Å². The first-order valence-electron chi connectivity index (χ1n) is 5.17. The predicted molar refractivity (Wildman–Crippen MR) is 73.2 cm³/mol. The summed E-state index contributed by atoms with van der Waals surface area (Å²) in [5.41, 5.74) is 0. The molecule has 2 N–H and O–H groups in total. The van der Waals surface area contributed by atoms with Gasteiger partial charge in [0, 0.05) is 12.6 Å². The number of rotatable bonds is 3. The fraction of sp³-hybridized carbons (Fsp3) is 0.556. The van der Waals surface area contributed by atoms with Crippen molar-refractivity contribution in [2.24, 2.45) is 0 Å². The Bertz CT molecular complexity index is 478. The summed E-state index contributed by atoms with van der Waals surface area (Å²) in [5, 5.41) is 3.59. The Morgan fingerprint density at radius 1 is 1.59 bits per heavy atom. The molecule has 0 saturated carbocycles. The fourth-order valence-corrected chi connectivity index (χ4v) is 5.37. The van der Waals surface area contributed by atoms with Crippen LogP contribution in [0.1, 0.15) is 12.8 Å². The van der Waals surface area contributed by atoms with Crippen LogP contribution >= 0.6 is 38.9 Å². The van der Waals surface area contributed by atoms with Gasteiger partial charge in [-0.3, -0.25) is 0 Å². The Kier molecular flexibility index (Phi) is 4.49. The first kappa shape index (κ1) is 13.8. The molecule has 0 aliphatic carbocycles. The zero-order chi connectivity index (χ0) is 12.5. The van der Waals surface area contributed by atoms with Crippen molar-refractivity contribution < 1.29 is 8.42 Å². The first-order valence-corrected chi connectivity index (χ1v) is 8.64. The minimum Gasteiger partial charge on any atom is -0.315 e. The highest BCUT2D eigenvalue weighted by Gasteiger charge is 2.24. The Labute approximate surface area is 118 Å². The second-order valence-corrected chi connectivity index (χ2v) is 8.57. The topological polar surface area (TPSA) is 58.2 Å². The second kappa shape index (κ2) is 5.54. The summed E-state index contributed by atoms with van der Waals surface area (Å²) >= 11 is 10.2. The van der Waals surface area contributed by atoms with Gasteiger partial charge in [0.2, 0.25) is 10.0 Å². The summed E-state index contributed by atoms with van der Waals surface area (Å²) in [6, 6.07) is 1.43. The van der Waals surface area contributed by atoms with Gasteiger partial charge >= 0.3 is 0 Å². The number of thiophene rings is 1. The van der Waals surface area contributed by atoms with Crippen molar-refractivity contribution in [1.82, 2.24) is 10.0 Å². The van der Waals surface area contributed by atoms with E-state index in [0.29, 0.717) is 15.4 Å². The van der Waals surface area contributed by atoms with Crippen LogP contribution in [-0.2, 0) is 10.0 Å². The van der Waals surface area contributed by atoms with Gasteiger partial charge in [-0.1, -0.05) is 11.6 Å². The van der Waals surface area contributed by atoms with Crippen molar-refractivity contribution in [3.63, 3.8) is 0 Å². The molecule has 8 heteroatoms. The van der Waals surface area contributed by atoms with Gasteiger partial charge in [0.1, 0.15) is 4.21 Å². The molecule has 0 amide bonds. The van der Waals surface area contributed by atoms with Crippen LogP contribution in [0.15, 0.2) is 14.1 Å². The molecule has 0 aromatic carbocycles.